The minimum absolute atomic E-state index is 0.0225. The highest BCUT2D eigenvalue weighted by atomic mass is 16.7. The van der Waals surface area contributed by atoms with Crippen LogP contribution in [0.4, 0.5) is 0 Å². The molecule has 2 heterocycles. The van der Waals surface area contributed by atoms with E-state index in [1.54, 1.807) is 6.07 Å². The number of hydrogen-bond acceptors (Lipinski definition) is 14. The molecule has 0 spiro atoms. The van der Waals surface area contributed by atoms with Crippen molar-refractivity contribution in [3.63, 3.8) is 0 Å². The van der Waals surface area contributed by atoms with Gasteiger partial charge in [-0.3, -0.25) is 0 Å². The van der Waals surface area contributed by atoms with Crippen molar-refractivity contribution in [3.05, 3.63) is 53.6 Å². The van der Waals surface area contributed by atoms with Crippen LogP contribution in [-0.2, 0) is 34.9 Å². The quantitative estimate of drug-likeness (QED) is 0.101. The first-order valence-electron chi connectivity index (χ1n) is 13.6. The molecular weight excluding hydrogens is 572 g/mol. The summed E-state index contributed by atoms with van der Waals surface area (Å²) >= 11 is 0. The molecule has 0 amide bonds. The Hall–Kier alpha value is -3.47. The van der Waals surface area contributed by atoms with Crippen LogP contribution >= 0.6 is 0 Å². The SMILES string of the molecule is C[C@@H]1O[C@@H](O[C@@H]2[C@@H](O)[C@H](OCCc3ccc(O)c(O)c3)O[C@H](CO)[C@H]2OC(=O)/C=C/c2ccc(O)c(O)c2)C[C@H](O)[C@H]1O. The van der Waals surface area contributed by atoms with Gasteiger partial charge in [0.2, 0.25) is 0 Å². The number of aliphatic hydroxyl groups is 4. The highest BCUT2D eigenvalue weighted by molar-refractivity contribution is 5.87. The van der Waals surface area contributed by atoms with Crippen molar-refractivity contribution in [2.45, 2.75) is 75.1 Å². The molecule has 0 bridgehead atoms. The zero-order chi connectivity index (χ0) is 31.3. The van der Waals surface area contributed by atoms with Crippen LogP contribution in [0.25, 0.3) is 6.08 Å². The fourth-order valence-corrected chi connectivity index (χ4v) is 4.76. The van der Waals surface area contributed by atoms with E-state index in [4.69, 9.17) is 23.7 Å². The molecule has 2 aliphatic heterocycles. The summed E-state index contributed by atoms with van der Waals surface area (Å²) in [7, 11) is 0. The Labute approximate surface area is 246 Å². The maximum Gasteiger partial charge on any atom is 0.331 e. The molecule has 14 heteroatoms. The van der Waals surface area contributed by atoms with Gasteiger partial charge in [0.25, 0.3) is 0 Å². The Balaban J connectivity index is 1.49. The van der Waals surface area contributed by atoms with Gasteiger partial charge in [0.1, 0.15) is 24.4 Å². The average molecular weight is 609 g/mol. The smallest absolute Gasteiger partial charge is 0.331 e. The molecule has 2 aromatic carbocycles. The van der Waals surface area contributed by atoms with Crippen molar-refractivity contribution in [1.82, 2.24) is 0 Å². The normalized spacial score (nSPS) is 31.2. The summed E-state index contributed by atoms with van der Waals surface area (Å²) in [6.07, 6.45) is -8.86. The van der Waals surface area contributed by atoms with Gasteiger partial charge in [-0.15, -0.1) is 0 Å². The lowest BCUT2D eigenvalue weighted by Crippen LogP contribution is -2.63. The van der Waals surface area contributed by atoms with E-state index in [1.807, 2.05) is 0 Å². The monoisotopic (exact) mass is 608 g/mol. The van der Waals surface area contributed by atoms with Gasteiger partial charge in [-0.25, -0.2) is 4.79 Å². The van der Waals surface area contributed by atoms with E-state index in [9.17, 15) is 45.6 Å². The highest BCUT2D eigenvalue weighted by Crippen LogP contribution is 2.32. The summed E-state index contributed by atoms with van der Waals surface area (Å²) in [5.74, 6) is -2.24. The number of aromatic hydroxyl groups is 4. The number of carbonyl (C=O) groups excluding carboxylic acids is 1. The number of carbonyl (C=O) groups is 1. The molecule has 9 atom stereocenters. The number of ether oxygens (including phenoxy) is 5. The summed E-state index contributed by atoms with van der Waals surface area (Å²) in [5, 5.41) is 80.0. The topological polar surface area (TPSA) is 225 Å². The van der Waals surface area contributed by atoms with Crippen molar-refractivity contribution in [1.29, 1.82) is 0 Å². The van der Waals surface area contributed by atoms with E-state index in [0.717, 1.165) is 6.08 Å². The molecule has 2 aliphatic rings. The van der Waals surface area contributed by atoms with Gasteiger partial charge in [0, 0.05) is 12.5 Å². The van der Waals surface area contributed by atoms with Gasteiger partial charge in [-0.05, 0) is 54.8 Å². The van der Waals surface area contributed by atoms with Crippen molar-refractivity contribution in [3.8, 4) is 23.0 Å². The Morgan fingerprint density at radius 3 is 2.28 bits per heavy atom. The van der Waals surface area contributed by atoms with Gasteiger partial charge in [0.05, 0.1) is 25.4 Å². The van der Waals surface area contributed by atoms with Crippen molar-refractivity contribution in [2.75, 3.05) is 13.2 Å². The summed E-state index contributed by atoms with van der Waals surface area (Å²) in [5.41, 5.74) is 0.982. The van der Waals surface area contributed by atoms with Crippen LogP contribution < -0.4 is 0 Å². The third-order valence-electron chi connectivity index (χ3n) is 7.16. The molecule has 0 radical (unpaired) electrons. The molecule has 2 fully saturated rings. The van der Waals surface area contributed by atoms with Gasteiger partial charge in [0.15, 0.2) is 41.7 Å². The Morgan fingerprint density at radius 2 is 1.63 bits per heavy atom. The molecule has 236 valence electrons. The second-order valence-corrected chi connectivity index (χ2v) is 10.3. The van der Waals surface area contributed by atoms with E-state index in [1.165, 1.54) is 43.3 Å². The number of phenolic OH excluding ortho intramolecular Hbond substituents is 4. The lowest BCUT2D eigenvalue weighted by atomic mass is 9.97. The van der Waals surface area contributed by atoms with E-state index < -0.39 is 73.6 Å². The Morgan fingerprint density at radius 1 is 0.930 bits per heavy atom. The van der Waals surface area contributed by atoms with Crippen LogP contribution in [0.2, 0.25) is 0 Å². The zero-order valence-corrected chi connectivity index (χ0v) is 23.2. The first kappa shape index (κ1) is 32.4. The molecule has 0 unspecified atom stereocenters. The molecule has 8 N–H and O–H groups in total. The van der Waals surface area contributed by atoms with Crippen molar-refractivity contribution in [2.24, 2.45) is 0 Å². The van der Waals surface area contributed by atoms with E-state index in [-0.39, 0.29) is 36.7 Å². The second kappa shape index (κ2) is 14.3. The third kappa shape index (κ3) is 8.13. The standard InChI is InChI=1S/C29H36O14/c1-14-25(37)21(35)12-24(40-14)43-28-26(38)29(39-9-8-16-3-6-18(32)20(34)11-16)41-22(13-30)27(28)42-23(36)7-4-15-2-5-17(31)19(33)10-15/h2-7,10-11,14,21-22,24-35,37-38H,8-9,12-13H2,1H3/b7-4+/t14-,21-,22+,24-,25-,26+,27+,28+,29+/m0/s1. The van der Waals surface area contributed by atoms with Crippen LogP contribution in [0.1, 0.15) is 24.5 Å². The first-order chi connectivity index (χ1) is 20.5. The predicted molar refractivity (Wildman–Crippen MR) is 146 cm³/mol. The molecule has 2 saturated heterocycles. The van der Waals surface area contributed by atoms with Crippen LogP contribution in [0.5, 0.6) is 23.0 Å². The van der Waals surface area contributed by atoms with Gasteiger partial charge in [-0.1, -0.05) is 12.1 Å². The summed E-state index contributed by atoms with van der Waals surface area (Å²) < 4.78 is 28.6. The summed E-state index contributed by atoms with van der Waals surface area (Å²) in [4.78, 5) is 12.8. The number of phenols is 4. The molecule has 0 aromatic heterocycles. The van der Waals surface area contributed by atoms with E-state index in [2.05, 4.69) is 0 Å². The maximum atomic E-state index is 12.8. The first-order valence-corrected chi connectivity index (χ1v) is 13.6. The maximum absolute atomic E-state index is 12.8. The number of hydrogen-bond donors (Lipinski definition) is 8. The van der Waals surface area contributed by atoms with Crippen LogP contribution in [0.3, 0.4) is 0 Å². The minimum atomic E-state index is -1.59. The van der Waals surface area contributed by atoms with Gasteiger partial charge < -0.3 is 64.5 Å². The fourth-order valence-electron chi connectivity index (χ4n) is 4.76. The van der Waals surface area contributed by atoms with Crippen LogP contribution in [0, 0.1) is 0 Å². The fraction of sp³-hybridized carbons (Fsp3) is 0.483. The lowest BCUT2D eigenvalue weighted by molar-refractivity contribution is -0.341. The van der Waals surface area contributed by atoms with Crippen LogP contribution in [0.15, 0.2) is 42.5 Å². The second-order valence-electron chi connectivity index (χ2n) is 10.3. The Kier molecular flexibility index (Phi) is 10.8. The number of aliphatic hydroxyl groups excluding tert-OH is 4. The molecule has 0 saturated carbocycles. The Bertz CT molecular complexity index is 1260. The molecule has 43 heavy (non-hydrogen) atoms. The highest BCUT2D eigenvalue weighted by Gasteiger charge is 2.50. The lowest BCUT2D eigenvalue weighted by Gasteiger charge is -2.45. The minimum Gasteiger partial charge on any atom is -0.504 e. The van der Waals surface area contributed by atoms with Crippen molar-refractivity contribution >= 4 is 12.0 Å². The molecule has 14 nitrogen and oxygen atoms in total. The van der Waals surface area contributed by atoms with Crippen LogP contribution in [-0.4, -0.2) is 115 Å². The summed E-state index contributed by atoms with van der Waals surface area (Å²) in [6.45, 7) is 0.831. The molecule has 4 rings (SSSR count). The van der Waals surface area contributed by atoms with Gasteiger partial charge in [-0.2, -0.15) is 0 Å². The molecular formula is C29H36O14. The van der Waals surface area contributed by atoms with Crippen molar-refractivity contribution < 1.29 is 69.3 Å². The number of rotatable bonds is 10. The zero-order valence-electron chi connectivity index (χ0n) is 23.2. The summed E-state index contributed by atoms with van der Waals surface area (Å²) in [6, 6.07) is 8.14. The number of esters is 1. The predicted octanol–water partition coefficient (Wildman–Crippen LogP) is 0.0133. The van der Waals surface area contributed by atoms with Gasteiger partial charge >= 0.3 is 5.97 Å². The largest absolute Gasteiger partial charge is 0.504 e. The third-order valence-corrected chi connectivity index (χ3v) is 7.16. The van der Waals surface area contributed by atoms with E-state index in [0.29, 0.717) is 11.1 Å². The molecule has 2 aromatic rings. The number of benzene rings is 2. The molecule has 0 aliphatic carbocycles. The van der Waals surface area contributed by atoms with E-state index >= 15 is 0 Å². The average Bonchev–Trinajstić information content (AvgIpc) is 2.97.